The molecule has 102 valence electrons. The molecule has 4 nitrogen and oxygen atoms in total. The van der Waals surface area contributed by atoms with Crippen molar-refractivity contribution in [1.82, 2.24) is 0 Å². The summed E-state index contributed by atoms with van der Waals surface area (Å²) in [6, 6.07) is 0. The van der Waals surface area contributed by atoms with Crippen molar-refractivity contribution in [3.63, 3.8) is 0 Å². The molecular weight excluding hydrogens is 232 g/mol. The van der Waals surface area contributed by atoms with Crippen LogP contribution in [0.4, 0.5) is 0 Å². The summed E-state index contributed by atoms with van der Waals surface area (Å²) in [4.78, 5) is 23.0. The van der Waals surface area contributed by atoms with E-state index in [4.69, 9.17) is 9.47 Å². The van der Waals surface area contributed by atoms with Crippen molar-refractivity contribution in [2.45, 2.75) is 39.0 Å². The second-order valence-electron chi connectivity index (χ2n) is 4.56. The fraction of sp³-hybridized carbons (Fsp3) is 0.714. The van der Waals surface area contributed by atoms with Crippen LogP contribution in [0.3, 0.4) is 0 Å². The molecule has 1 aliphatic carbocycles. The summed E-state index contributed by atoms with van der Waals surface area (Å²) < 4.78 is 9.63. The zero-order valence-electron chi connectivity index (χ0n) is 11.2. The van der Waals surface area contributed by atoms with E-state index in [2.05, 4.69) is 0 Å². The van der Waals surface area contributed by atoms with Crippen molar-refractivity contribution < 1.29 is 19.1 Å². The van der Waals surface area contributed by atoms with Crippen LogP contribution >= 0.6 is 0 Å². The van der Waals surface area contributed by atoms with Crippen LogP contribution in [0.25, 0.3) is 0 Å². The maximum Gasteiger partial charge on any atom is 0.330 e. The summed E-state index contributed by atoms with van der Waals surface area (Å²) in [7, 11) is 1.39. The Morgan fingerprint density at radius 3 is 2.50 bits per heavy atom. The van der Waals surface area contributed by atoms with Crippen molar-refractivity contribution >= 4 is 11.9 Å². The Kier molecular flexibility index (Phi) is 6.47. The molecule has 18 heavy (non-hydrogen) atoms. The maximum absolute atomic E-state index is 11.8. The molecule has 0 aromatic rings. The SMILES string of the molecule is CCOC(=O)/C=C/C(C(=O)OC)C1CCCCC1. The lowest BCUT2D eigenvalue weighted by molar-refractivity contribution is -0.145. The van der Waals surface area contributed by atoms with Crippen molar-refractivity contribution in [2.75, 3.05) is 13.7 Å². The monoisotopic (exact) mass is 254 g/mol. The summed E-state index contributed by atoms with van der Waals surface area (Å²) in [5.41, 5.74) is 0. The van der Waals surface area contributed by atoms with Gasteiger partial charge in [0.2, 0.25) is 0 Å². The van der Waals surface area contributed by atoms with Gasteiger partial charge in [-0.15, -0.1) is 0 Å². The van der Waals surface area contributed by atoms with E-state index in [0.717, 1.165) is 25.7 Å². The fourth-order valence-electron chi connectivity index (χ4n) is 2.43. The third-order valence-corrected chi connectivity index (χ3v) is 3.36. The van der Waals surface area contributed by atoms with E-state index in [9.17, 15) is 9.59 Å². The van der Waals surface area contributed by atoms with Crippen molar-refractivity contribution in [2.24, 2.45) is 11.8 Å². The second-order valence-corrected chi connectivity index (χ2v) is 4.56. The normalized spacial score (nSPS) is 18.6. The van der Waals surface area contributed by atoms with Gasteiger partial charge in [-0.3, -0.25) is 4.79 Å². The lowest BCUT2D eigenvalue weighted by atomic mass is 9.80. The Labute approximate surface area is 108 Å². The van der Waals surface area contributed by atoms with E-state index < -0.39 is 5.97 Å². The van der Waals surface area contributed by atoms with Crippen molar-refractivity contribution in [3.8, 4) is 0 Å². The van der Waals surface area contributed by atoms with Crippen LogP contribution in [-0.4, -0.2) is 25.7 Å². The van der Waals surface area contributed by atoms with Gasteiger partial charge in [-0.2, -0.15) is 0 Å². The number of rotatable bonds is 5. The Morgan fingerprint density at radius 1 is 1.28 bits per heavy atom. The molecule has 0 bridgehead atoms. The molecule has 0 N–H and O–H groups in total. The maximum atomic E-state index is 11.8. The van der Waals surface area contributed by atoms with Gasteiger partial charge in [-0.05, 0) is 25.7 Å². The Hall–Kier alpha value is -1.32. The summed E-state index contributed by atoms with van der Waals surface area (Å²) in [6.45, 7) is 2.10. The highest BCUT2D eigenvalue weighted by Crippen LogP contribution is 2.31. The number of ether oxygens (including phenoxy) is 2. The smallest absolute Gasteiger partial charge is 0.330 e. The van der Waals surface area contributed by atoms with Crippen LogP contribution in [-0.2, 0) is 19.1 Å². The van der Waals surface area contributed by atoms with Gasteiger partial charge in [0.25, 0.3) is 0 Å². The number of methoxy groups -OCH3 is 1. The summed E-state index contributed by atoms with van der Waals surface area (Å²) >= 11 is 0. The van der Waals surface area contributed by atoms with Crippen LogP contribution in [0.5, 0.6) is 0 Å². The van der Waals surface area contributed by atoms with Crippen LogP contribution in [0.2, 0.25) is 0 Å². The molecular formula is C14H22O4. The van der Waals surface area contributed by atoms with Gasteiger partial charge < -0.3 is 9.47 Å². The quantitative estimate of drug-likeness (QED) is 0.558. The van der Waals surface area contributed by atoms with Crippen LogP contribution in [0.1, 0.15) is 39.0 Å². The molecule has 1 rings (SSSR count). The van der Waals surface area contributed by atoms with Gasteiger partial charge in [0, 0.05) is 6.08 Å². The van der Waals surface area contributed by atoms with Gasteiger partial charge in [0.05, 0.1) is 19.6 Å². The van der Waals surface area contributed by atoms with Gasteiger partial charge >= 0.3 is 11.9 Å². The average Bonchev–Trinajstić information content (AvgIpc) is 2.40. The molecule has 4 heteroatoms. The zero-order valence-corrected chi connectivity index (χ0v) is 11.2. The standard InChI is InChI=1S/C14H22O4/c1-3-18-13(15)10-9-12(14(16)17-2)11-7-5-4-6-8-11/h9-12H,3-8H2,1-2H3/b10-9+. The predicted octanol–water partition coefficient (Wildman–Crippen LogP) is 2.48. The molecule has 1 atom stereocenters. The molecule has 0 radical (unpaired) electrons. The Bertz CT molecular complexity index is 303. The number of carbonyl (C=O) groups excluding carboxylic acids is 2. The zero-order chi connectivity index (χ0) is 13.4. The summed E-state index contributed by atoms with van der Waals surface area (Å²) in [5, 5.41) is 0. The van der Waals surface area contributed by atoms with E-state index in [-0.39, 0.29) is 17.8 Å². The van der Waals surface area contributed by atoms with Gasteiger partial charge in [0.15, 0.2) is 0 Å². The van der Waals surface area contributed by atoms with Gasteiger partial charge in [-0.25, -0.2) is 4.79 Å². The third-order valence-electron chi connectivity index (χ3n) is 3.36. The largest absolute Gasteiger partial charge is 0.469 e. The highest BCUT2D eigenvalue weighted by molar-refractivity contribution is 5.84. The summed E-state index contributed by atoms with van der Waals surface area (Å²) in [6.07, 6.45) is 8.54. The lowest BCUT2D eigenvalue weighted by Gasteiger charge is -2.26. The van der Waals surface area contributed by atoms with E-state index >= 15 is 0 Å². The molecule has 0 aliphatic heterocycles. The Balaban J connectivity index is 2.65. The molecule has 0 heterocycles. The first-order chi connectivity index (χ1) is 8.69. The molecule has 1 aliphatic rings. The first kappa shape index (κ1) is 14.7. The molecule has 0 amide bonds. The van der Waals surface area contributed by atoms with Crippen molar-refractivity contribution in [3.05, 3.63) is 12.2 Å². The van der Waals surface area contributed by atoms with Crippen LogP contribution in [0, 0.1) is 11.8 Å². The molecule has 1 saturated carbocycles. The van der Waals surface area contributed by atoms with Crippen LogP contribution in [0.15, 0.2) is 12.2 Å². The molecule has 0 aromatic carbocycles. The van der Waals surface area contributed by atoms with Gasteiger partial charge in [-0.1, -0.05) is 25.3 Å². The fourth-order valence-corrected chi connectivity index (χ4v) is 2.43. The highest BCUT2D eigenvalue weighted by atomic mass is 16.5. The number of carbonyl (C=O) groups is 2. The average molecular weight is 254 g/mol. The van der Waals surface area contributed by atoms with Gasteiger partial charge in [0.1, 0.15) is 0 Å². The highest BCUT2D eigenvalue weighted by Gasteiger charge is 2.28. The number of hydrogen-bond donors (Lipinski definition) is 0. The first-order valence-electron chi connectivity index (χ1n) is 6.61. The summed E-state index contributed by atoms with van der Waals surface area (Å²) in [5.74, 6) is -0.693. The molecule has 0 saturated heterocycles. The minimum absolute atomic E-state index is 0.262. The predicted molar refractivity (Wildman–Crippen MR) is 67.9 cm³/mol. The second kappa shape index (κ2) is 7.90. The van der Waals surface area contributed by atoms with Crippen LogP contribution < -0.4 is 0 Å². The lowest BCUT2D eigenvalue weighted by Crippen LogP contribution is -2.25. The van der Waals surface area contributed by atoms with Crippen molar-refractivity contribution in [1.29, 1.82) is 0 Å². The third kappa shape index (κ3) is 4.51. The number of esters is 2. The molecule has 1 unspecified atom stereocenters. The molecule has 1 fully saturated rings. The van der Waals surface area contributed by atoms with E-state index in [1.54, 1.807) is 13.0 Å². The minimum atomic E-state index is -0.401. The first-order valence-corrected chi connectivity index (χ1v) is 6.61. The topological polar surface area (TPSA) is 52.6 Å². The Morgan fingerprint density at radius 2 is 1.94 bits per heavy atom. The number of hydrogen-bond acceptors (Lipinski definition) is 4. The van der Waals surface area contributed by atoms with E-state index in [1.165, 1.54) is 19.6 Å². The van der Waals surface area contributed by atoms with E-state index in [0.29, 0.717) is 6.61 Å². The molecule has 0 aromatic heterocycles. The minimum Gasteiger partial charge on any atom is -0.469 e. The van der Waals surface area contributed by atoms with E-state index in [1.807, 2.05) is 0 Å². The molecule has 0 spiro atoms.